The number of para-hydroxylation sites is 1. The topological polar surface area (TPSA) is 72.7 Å². The molecule has 0 radical (unpaired) electrons. The number of nitrogens with one attached hydrogen (secondary N) is 1. The van der Waals surface area contributed by atoms with E-state index in [0.717, 1.165) is 22.5 Å². The lowest BCUT2D eigenvalue weighted by molar-refractivity contribution is 0.403. The van der Waals surface area contributed by atoms with Crippen molar-refractivity contribution in [1.82, 2.24) is 9.38 Å². The van der Waals surface area contributed by atoms with E-state index in [1.165, 1.54) is 13.2 Å². The predicted molar refractivity (Wildman–Crippen MR) is 109 cm³/mol. The van der Waals surface area contributed by atoms with Crippen LogP contribution in [0.25, 0.3) is 16.9 Å². The lowest BCUT2D eigenvalue weighted by atomic mass is 10.1. The second kappa shape index (κ2) is 7.01. The summed E-state index contributed by atoms with van der Waals surface area (Å²) in [5.74, 6) is 0.298. The Hall–Kier alpha value is -3.32. The molecule has 2 aromatic heterocycles. The van der Waals surface area contributed by atoms with Crippen LogP contribution in [0.5, 0.6) is 5.75 Å². The lowest BCUT2D eigenvalue weighted by Gasteiger charge is -2.11. The number of nitrogens with zero attached hydrogens (tertiary/aromatic N) is 2. The summed E-state index contributed by atoms with van der Waals surface area (Å²) in [6.45, 7) is 2.02. The fourth-order valence-corrected chi connectivity index (χ4v) is 4.21. The van der Waals surface area contributed by atoms with E-state index in [1.54, 1.807) is 30.3 Å². The Morgan fingerprint density at radius 2 is 1.79 bits per heavy atom. The number of hydrogen-bond acceptors (Lipinski definition) is 4. The fourth-order valence-electron chi connectivity index (χ4n) is 2.98. The van der Waals surface area contributed by atoms with Crippen LogP contribution in [0.4, 0.5) is 5.69 Å². The van der Waals surface area contributed by atoms with E-state index in [-0.39, 0.29) is 4.90 Å². The zero-order chi connectivity index (χ0) is 19.7. The third-order valence-corrected chi connectivity index (χ3v) is 5.83. The van der Waals surface area contributed by atoms with Crippen molar-refractivity contribution in [2.75, 3.05) is 11.8 Å². The number of aromatic nitrogens is 2. The molecule has 0 amide bonds. The Labute approximate surface area is 163 Å². The molecule has 0 bridgehead atoms. The summed E-state index contributed by atoms with van der Waals surface area (Å²) in [6, 6.07) is 17.7. The molecular weight excluding hydrogens is 374 g/mol. The summed E-state index contributed by atoms with van der Waals surface area (Å²) in [7, 11) is -2.31. The molecule has 0 aliphatic heterocycles. The van der Waals surface area contributed by atoms with E-state index in [0.29, 0.717) is 11.4 Å². The number of sulfonamides is 1. The molecule has 1 N–H and O–H groups in total. The molecule has 2 heterocycles. The number of ether oxygens (including phenoxy) is 1. The van der Waals surface area contributed by atoms with Gasteiger partial charge < -0.3 is 9.14 Å². The van der Waals surface area contributed by atoms with Crippen LogP contribution in [-0.2, 0) is 10.0 Å². The maximum atomic E-state index is 12.7. The number of rotatable bonds is 5. The molecule has 0 saturated carbocycles. The van der Waals surface area contributed by atoms with Gasteiger partial charge in [0.25, 0.3) is 10.0 Å². The Bertz CT molecular complexity index is 1250. The molecule has 6 nitrogen and oxygen atoms in total. The van der Waals surface area contributed by atoms with Gasteiger partial charge in [-0.05, 0) is 48.9 Å². The summed E-state index contributed by atoms with van der Waals surface area (Å²) in [6.07, 6.45) is 3.92. The highest BCUT2D eigenvalue weighted by atomic mass is 32.2. The smallest absolute Gasteiger partial charge is 0.265 e. The first-order chi connectivity index (χ1) is 13.5. The van der Waals surface area contributed by atoms with Gasteiger partial charge in [-0.15, -0.1) is 0 Å². The molecule has 28 heavy (non-hydrogen) atoms. The van der Waals surface area contributed by atoms with Gasteiger partial charge in [-0.3, -0.25) is 4.72 Å². The van der Waals surface area contributed by atoms with Gasteiger partial charge in [0.15, 0.2) is 0 Å². The van der Waals surface area contributed by atoms with Crippen molar-refractivity contribution in [3.05, 3.63) is 78.6 Å². The minimum atomic E-state index is -3.75. The summed E-state index contributed by atoms with van der Waals surface area (Å²) < 4.78 is 35.1. The summed E-state index contributed by atoms with van der Waals surface area (Å²) in [4.78, 5) is 4.72. The Kier molecular flexibility index (Phi) is 4.52. The second-order valence-corrected chi connectivity index (χ2v) is 8.08. The van der Waals surface area contributed by atoms with E-state index in [2.05, 4.69) is 9.71 Å². The highest BCUT2D eigenvalue weighted by Crippen LogP contribution is 2.27. The number of benzene rings is 2. The molecule has 0 atom stereocenters. The van der Waals surface area contributed by atoms with Gasteiger partial charge in [-0.25, -0.2) is 13.4 Å². The molecule has 0 spiro atoms. The minimum Gasteiger partial charge on any atom is -0.495 e. The van der Waals surface area contributed by atoms with Crippen molar-refractivity contribution in [2.45, 2.75) is 11.8 Å². The number of methoxy groups -OCH3 is 1. The number of pyridine rings is 1. The zero-order valence-corrected chi connectivity index (χ0v) is 16.3. The van der Waals surface area contributed by atoms with E-state index in [1.807, 2.05) is 48.0 Å². The first-order valence-corrected chi connectivity index (χ1v) is 10.2. The molecule has 0 aliphatic carbocycles. The second-order valence-electron chi connectivity index (χ2n) is 6.43. The van der Waals surface area contributed by atoms with Gasteiger partial charge in [0.2, 0.25) is 0 Å². The minimum absolute atomic E-state index is 0.0947. The van der Waals surface area contributed by atoms with Crippen molar-refractivity contribution >= 4 is 21.4 Å². The van der Waals surface area contributed by atoms with Gasteiger partial charge in [0, 0.05) is 23.6 Å². The maximum absolute atomic E-state index is 12.7. The van der Waals surface area contributed by atoms with Crippen LogP contribution < -0.4 is 9.46 Å². The highest BCUT2D eigenvalue weighted by molar-refractivity contribution is 7.92. The van der Waals surface area contributed by atoms with Crippen molar-refractivity contribution in [3.8, 4) is 17.0 Å². The summed E-state index contributed by atoms with van der Waals surface area (Å²) in [5.41, 5.74) is 4.21. The number of aryl methyl sites for hydroxylation is 1. The van der Waals surface area contributed by atoms with Crippen molar-refractivity contribution in [3.63, 3.8) is 0 Å². The monoisotopic (exact) mass is 393 g/mol. The Balaban J connectivity index is 1.60. The van der Waals surface area contributed by atoms with Gasteiger partial charge in [-0.1, -0.05) is 24.3 Å². The van der Waals surface area contributed by atoms with Crippen molar-refractivity contribution in [2.24, 2.45) is 0 Å². The molecule has 0 unspecified atom stereocenters. The number of imidazole rings is 1. The van der Waals surface area contributed by atoms with Crippen LogP contribution in [0.1, 0.15) is 5.56 Å². The third kappa shape index (κ3) is 3.44. The summed E-state index contributed by atoms with van der Waals surface area (Å²) in [5, 5.41) is 0. The molecular formula is C21H19N3O3S. The van der Waals surface area contributed by atoms with Gasteiger partial charge >= 0.3 is 0 Å². The van der Waals surface area contributed by atoms with E-state index in [9.17, 15) is 8.42 Å². The largest absolute Gasteiger partial charge is 0.495 e. The standard InChI is InChI=1S/C21H19N3O3S/c1-15-11-12-24-14-18(22-21(24)13-15)16-7-9-17(10-8-16)23-28(25,26)20-6-4-3-5-19(20)27-2/h3-14,23H,1-2H3. The maximum Gasteiger partial charge on any atom is 0.265 e. The third-order valence-electron chi connectivity index (χ3n) is 4.41. The Morgan fingerprint density at radius 3 is 2.54 bits per heavy atom. The van der Waals surface area contributed by atoms with Gasteiger partial charge in [0.05, 0.1) is 12.8 Å². The number of hydrogen-bond donors (Lipinski definition) is 1. The van der Waals surface area contributed by atoms with Crippen LogP contribution in [0.2, 0.25) is 0 Å². The predicted octanol–water partition coefficient (Wildman–Crippen LogP) is 4.12. The van der Waals surface area contributed by atoms with Gasteiger partial charge in [-0.2, -0.15) is 0 Å². The van der Waals surface area contributed by atoms with Gasteiger partial charge in [0.1, 0.15) is 16.3 Å². The molecule has 0 saturated heterocycles. The van der Waals surface area contributed by atoms with Crippen LogP contribution in [0, 0.1) is 6.92 Å². The van der Waals surface area contributed by atoms with Crippen molar-refractivity contribution in [1.29, 1.82) is 0 Å². The van der Waals surface area contributed by atoms with Crippen LogP contribution in [-0.4, -0.2) is 24.9 Å². The zero-order valence-electron chi connectivity index (χ0n) is 15.5. The van der Waals surface area contributed by atoms with Crippen LogP contribution >= 0.6 is 0 Å². The highest BCUT2D eigenvalue weighted by Gasteiger charge is 2.19. The van der Waals surface area contributed by atoms with Crippen molar-refractivity contribution < 1.29 is 13.2 Å². The molecule has 0 fully saturated rings. The van der Waals surface area contributed by atoms with E-state index in [4.69, 9.17) is 4.74 Å². The fraction of sp³-hybridized carbons (Fsp3) is 0.0952. The first kappa shape index (κ1) is 18.1. The normalized spacial score (nSPS) is 11.5. The molecule has 0 aliphatic rings. The lowest BCUT2D eigenvalue weighted by Crippen LogP contribution is -2.13. The average Bonchev–Trinajstić information content (AvgIpc) is 3.11. The molecule has 4 aromatic rings. The SMILES string of the molecule is COc1ccccc1S(=O)(=O)Nc1ccc(-c2cn3ccc(C)cc3n2)cc1. The van der Waals surface area contributed by atoms with Crippen LogP contribution in [0.3, 0.4) is 0 Å². The summed E-state index contributed by atoms with van der Waals surface area (Å²) >= 11 is 0. The van der Waals surface area contributed by atoms with E-state index >= 15 is 0 Å². The average molecular weight is 393 g/mol. The van der Waals surface area contributed by atoms with E-state index < -0.39 is 10.0 Å². The first-order valence-electron chi connectivity index (χ1n) is 8.68. The molecule has 7 heteroatoms. The molecule has 142 valence electrons. The van der Waals surface area contributed by atoms with Crippen LogP contribution in [0.15, 0.2) is 78.0 Å². The number of anilines is 1. The molecule has 4 rings (SSSR count). The number of fused-ring (bicyclic) bond motifs is 1. The quantitative estimate of drug-likeness (QED) is 0.554. The molecule has 2 aromatic carbocycles. The Morgan fingerprint density at radius 1 is 1.04 bits per heavy atom.